The van der Waals surface area contributed by atoms with Crippen molar-refractivity contribution in [2.75, 3.05) is 24.7 Å². The van der Waals surface area contributed by atoms with E-state index in [9.17, 15) is 0 Å². The Bertz CT molecular complexity index is 690. The van der Waals surface area contributed by atoms with E-state index in [4.69, 9.17) is 20.9 Å². The zero-order chi connectivity index (χ0) is 19.5. The van der Waals surface area contributed by atoms with Crippen molar-refractivity contribution in [1.82, 2.24) is 0 Å². The maximum Gasteiger partial charge on any atom is 0.142 e. The highest BCUT2D eigenvalue weighted by atomic mass is 16.5. The highest BCUT2D eigenvalue weighted by Crippen LogP contribution is 2.31. The number of benzene rings is 2. The zero-order valence-corrected chi connectivity index (χ0v) is 16.8. The monoisotopic (exact) mass is 356 g/mol. The second-order valence-electron chi connectivity index (χ2n) is 8.70. The lowest BCUT2D eigenvalue weighted by Gasteiger charge is -2.21. The summed E-state index contributed by atoms with van der Waals surface area (Å²) >= 11 is 0. The first kappa shape index (κ1) is 20.0. The van der Waals surface area contributed by atoms with Crippen LogP contribution in [-0.2, 0) is 10.8 Å². The average Bonchev–Trinajstić information content (AvgIpc) is 2.52. The number of hydrogen-bond acceptors (Lipinski definition) is 4. The molecule has 26 heavy (non-hydrogen) atoms. The summed E-state index contributed by atoms with van der Waals surface area (Å²) in [7, 11) is 0. The Hall–Kier alpha value is -2.36. The van der Waals surface area contributed by atoms with E-state index in [1.807, 2.05) is 24.3 Å². The molecule has 4 N–H and O–H groups in total. The maximum absolute atomic E-state index is 6.11. The van der Waals surface area contributed by atoms with E-state index >= 15 is 0 Å². The zero-order valence-electron chi connectivity index (χ0n) is 16.8. The molecule has 2 aromatic rings. The van der Waals surface area contributed by atoms with Gasteiger partial charge in [0, 0.05) is 0 Å². The lowest BCUT2D eigenvalue weighted by molar-refractivity contribution is 0.218. The minimum atomic E-state index is 0.0620. The van der Waals surface area contributed by atoms with Gasteiger partial charge in [-0.05, 0) is 46.2 Å². The second kappa shape index (κ2) is 7.48. The Labute approximate surface area is 157 Å². The largest absolute Gasteiger partial charge is 0.488 e. The Morgan fingerprint density at radius 3 is 1.27 bits per heavy atom. The van der Waals surface area contributed by atoms with Gasteiger partial charge in [0.15, 0.2) is 0 Å². The number of nitrogen functional groups attached to an aromatic ring is 2. The van der Waals surface area contributed by atoms with Crippen LogP contribution in [0.3, 0.4) is 0 Å². The van der Waals surface area contributed by atoms with E-state index in [1.54, 1.807) is 0 Å². The Morgan fingerprint density at radius 1 is 0.654 bits per heavy atom. The van der Waals surface area contributed by atoms with Crippen molar-refractivity contribution < 1.29 is 9.47 Å². The summed E-state index contributed by atoms with van der Waals surface area (Å²) in [4.78, 5) is 0. The topological polar surface area (TPSA) is 70.5 Å². The third-order valence-corrected chi connectivity index (χ3v) is 4.35. The van der Waals surface area contributed by atoms with Crippen molar-refractivity contribution in [2.45, 2.75) is 52.4 Å². The Kier molecular flexibility index (Phi) is 5.74. The maximum atomic E-state index is 6.11. The third-order valence-electron chi connectivity index (χ3n) is 4.35. The van der Waals surface area contributed by atoms with Crippen molar-refractivity contribution in [3.05, 3.63) is 47.5 Å². The van der Waals surface area contributed by atoms with Crippen molar-refractivity contribution >= 4 is 11.4 Å². The van der Waals surface area contributed by atoms with Crippen LogP contribution in [0.1, 0.15) is 52.7 Å². The van der Waals surface area contributed by atoms with Gasteiger partial charge >= 0.3 is 0 Å². The lowest BCUT2D eigenvalue weighted by Crippen LogP contribution is -2.14. The normalized spacial score (nSPS) is 12.1. The molecule has 0 aliphatic rings. The molecular weight excluding hydrogens is 324 g/mol. The minimum Gasteiger partial charge on any atom is -0.488 e. The molecule has 0 fully saturated rings. The van der Waals surface area contributed by atoms with Crippen molar-refractivity contribution in [3.8, 4) is 11.5 Å². The molecular formula is C22H32N2O2. The van der Waals surface area contributed by atoms with Crippen LogP contribution in [0.2, 0.25) is 0 Å². The third kappa shape index (κ3) is 5.07. The molecule has 0 spiro atoms. The summed E-state index contributed by atoms with van der Waals surface area (Å²) in [5.74, 6) is 1.36. The van der Waals surface area contributed by atoms with Crippen molar-refractivity contribution in [3.63, 3.8) is 0 Å². The highest BCUT2D eigenvalue weighted by molar-refractivity contribution is 5.56. The molecule has 0 aromatic heterocycles. The molecule has 2 aromatic carbocycles. The quantitative estimate of drug-likeness (QED) is 0.590. The average molecular weight is 357 g/mol. The Balaban J connectivity index is 1.91. The molecule has 0 aliphatic heterocycles. The SMILES string of the molecule is CC(C)(C)c1ccc(OCCOc2ccc(C(C)(C)C)cc2N)c(N)c1. The van der Waals surface area contributed by atoms with Gasteiger partial charge in [-0.3, -0.25) is 0 Å². The van der Waals surface area contributed by atoms with E-state index < -0.39 is 0 Å². The molecule has 0 unspecified atom stereocenters. The van der Waals surface area contributed by atoms with Gasteiger partial charge in [0.2, 0.25) is 0 Å². The molecule has 2 rings (SSSR count). The molecule has 0 amide bonds. The molecule has 4 heteroatoms. The van der Waals surface area contributed by atoms with E-state index in [2.05, 4.69) is 53.7 Å². The van der Waals surface area contributed by atoms with Gasteiger partial charge in [-0.2, -0.15) is 0 Å². The standard InChI is InChI=1S/C22H32N2O2/c1-21(2,3)15-7-9-19(17(23)13-15)25-11-12-26-20-10-8-16(14-18(20)24)22(4,5)6/h7-10,13-14H,11-12,23-24H2,1-6H3. The van der Waals surface area contributed by atoms with Crippen LogP contribution in [-0.4, -0.2) is 13.2 Å². The fraction of sp³-hybridized carbons (Fsp3) is 0.455. The number of rotatable bonds is 5. The number of ether oxygens (including phenoxy) is 2. The van der Waals surface area contributed by atoms with Gasteiger partial charge in [-0.25, -0.2) is 0 Å². The number of anilines is 2. The first-order valence-electron chi connectivity index (χ1n) is 9.04. The molecule has 0 atom stereocenters. The highest BCUT2D eigenvalue weighted by Gasteiger charge is 2.16. The van der Waals surface area contributed by atoms with Crippen molar-refractivity contribution in [1.29, 1.82) is 0 Å². The van der Waals surface area contributed by atoms with Crippen LogP contribution < -0.4 is 20.9 Å². The fourth-order valence-corrected chi connectivity index (χ4v) is 2.60. The van der Waals surface area contributed by atoms with E-state index in [1.165, 1.54) is 11.1 Å². The molecule has 0 saturated carbocycles. The van der Waals surface area contributed by atoms with Gasteiger partial charge in [0.05, 0.1) is 11.4 Å². The molecule has 0 aliphatic carbocycles. The molecule has 0 bridgehead atoms. The first-order chi connectivity index (χ1) is 12.0. The lowest BCUT2D eigenvalue weighted by atomic mass is 9.87. The summed E-state index contributed by atoms with van der Waals surface area (Å²) in [5.41, 5.74) is 16.0. The first-order valence-corrected chi connectivity index (χ1v) is 9.04. The van der Waals surface area contributed by atoms with Crippen LogP contribution in [0.15, 0.2) is 36.4 Å². The Morgan fingerprint density at radius 2 is 1.00 bits per heavy atom. The number of nitrogens with two attached hydrogens (primary N) is 2. The smallest absolute Gasteiger partial charge is 0.142 e. The molecule has 4 nitrogen and oxygen atoms in total. The predicted molar refractivity (Wildman–Crippen MR) is 110 cm³/mol. The molecule has 0 saturated heterocycles. The predicted octanol–water partition coefficient (Wildman–Crippen LogP) is 4.90. The number of hydrogen-bond donors (Lipinski definition) is 2. The summed E-state index contributed by atoms with van der Waals surface area (Å²) in [6.45, 7) is 13.8. The molecule has 142 valence electrons. The summed E-state index contributed by atoms with van der Waals surface area (Å²) in [6.07, 6.45) is 0. The molecule has 0 radical (unpaired) electrons. The summed E-state index contributed by atoms with van der Waals surface area (Å²) in [5, 5.41) is 0. The van der Waals surface area contributed by atoms with Gasteiger partial charge in [-0.1, -0.05) is 53.7 Å². The van der Waals surface area contributed by atoms with Gasteiger partial charge in [0.25, 0.3) is 0 Å². The van der Waals surface area contributed by atoms with Crippen LogP contribution >= 0.6 is 0 Å². The van der Waals surface area contributed by atoms with Crippen LogP contribution in [0.5, 0.6) is 11.5 Å². The molecule has 0 heterocycles. The summed E-state index contributed by atoms with van der Waals surface area (Å²) < 4.78 is 11.5. The minimum absolute atomic E-state index is 0.0620. The van der Waals surface area contributed by atoms with Gasteiger partial charge in [-0.15, -0.1) is 0 Å². The van der Waals surface area contributed by atoms with Crippen LogP contribution in [0, 0.1) is 0 Å². The fourth-order valence-electron chi connectivity index (χ4n) is 2.60. The second-order valence-corrected chi connectivity index (χ2v) is 8.70. The van der Waals surface area contributed by atoms with Gasteiger partial charge < -0.3 is 20.9 Å². The van der Waals surface area contributed by atoms with Crippen LogP contribution in [0.25, 0.3) is 0 Å². The van der Waals surface area contributed by atoms with Crippen molar-refractivity contribution in [2.24, 2.45) is 0 Å². The van der Waals surface area contributed by atoms with Gasteiger partial charge in [0.1, 0.15) is 24.7 Å². The van der Waals surface area contributed by atoms with E-state index in [0.29, 0.717) is 36.1 Å². The summed E-state index contributed by atoms with van der Waals surface area (Å²) in [6, 6.07) is 11.9. The van der Waals surface area contributed by atoms with E-state index in [-0.39, 0.29) is 10.8 Å². The van der Waals surface area contributed by atoms with Crippen LogP contribution in [0.4, 0.5) is 11.4 Å². The van der Waals surface area contributed by atoms with E-state index in [0.717, 1.165) is 0 Å².